The van der Waals surface area contributed by atoms with Crippen molar-refractivity contribution in [2.75, 3.05) is 19.8 Å². The number of ether oxygens (including phenoxy) is 1. The van der Waals surface area contributed by atoms with Crippen molar-refractivity contribution in [2.24, 2.45) is 0 Å². The molecule has 0 saturated carbocycles. The van der Waals surface area contributed by atoms with E-state index in [-0.39, 0.29) is 23.1 Å². The third-order valence-electron chi connectivity index (χ3n) is 4.64. The SMILES string of the molecule is Cc1cc(S(=O)(=O)OCC2NCCO2)cc(C(C)(C)C)c1-c1ccccc1. The van der Waals surface area contributed by atoms with Gasteiger partial charge < -0.3 is 4.74 Å². The number of benzene rings is 2. The molecule has 0 amide bonds. The third-order valence-corrected chi connectivity index (χ3v) is 5.90. The Hall–Kier alpha value is -1.73. The maximum Gasteiger partial charge on any atom is 0.297 e. The van der Waals surface area contributed by atoms with Gasteiger partial charge in [0.1, 0.15) is 12.8 Å². The molecular weight excluding hydrogens is 362 g/mol. The average molecular weight is 390 g/mol. The lowest BCUT2D eigenvalue weighted by molar-refractivity contribution is 0.0603. The Kier molecular flexibility index (Phi) is 5.72. The van der Waals surface area contributed by atoms with Gasteiger partial charge in [-0.2, -0.15) is 8.42 Å². The van der Waals surface area contributed by atoms with Gasteiger partial charge in [0.15, 0.2) is 0 Å². The van der Waals surface area contributed by atoms with Crippen molar-refractivity contribution in [2.45, 2.75) is 44.2 Å². The summed E-state index contributed by atoms with van der Waals surface area (Å²) in [4.78, 5) is 0.183. The summed E-state index contributed by atoms with van der Waals surface area (Å²) < 4.78 is 36.1. The molecule has 1 N–H and O–H groups in total. The van der Waals surface area contributed by atoms with Gasteiger partial charge in [-0.3, -0.25) is 9.50 Å². The van der Waals surface area contributed by atoms with Crippen LogP contribution < -0.4 is 5.32 Å². The zero-order chi connectivity index (χ0) is 19.7. The number of rotatable bonds is 5. The van der Waals surface area contributed by atoms with Crippen molar-refractivity contribution in [1.82, 2.24) is 5.32 Å². The van der Waals surface area contributed by atoms with E-state index in [1.54, 1.807) is 12.1 Å². The number of hydrogen-bond acceptors (Lipinski definition) is 5. The van der Waals surface area contributed by atoms with E-state index in [4.69, 9.17) is 8.92 Å². The average Bonchev–Trinajstić information content (AvgIpc) is 3.13. The van der Waals surface area contributed by atoms with E-state index in [0.717, 1.165) is 22.3 Å². The van der Waals surface area contributed by atoms with E-state index >= 15 is 0 Å². The molecule has 1 aliphatic heterocycles. The minimum atomic E-state index is -3.87. The van der Waals surface area contributed by atoms with Crippen LogP contribution in [-0.2, 0) is 24.5 Å². The minimum absolute atomic E-state index is 0.0351. The first-order chi connectivity index (χ1) is 12.7. The summed E-state index contributed by atoms with van der Waals surface area (Å²) in [7, 11) is -3.87. The predicted octanol–water partition coefficient (Wildman–Crippen LogP) is 3.61. The molecule has 5 nitrogen and oxygen atoms in total. The summed E-state index contributed by atoms with van der Waals surface area (Å²) in [6.45, 7) is 9.43. The highest BCUT2D eigenvalue weighted by Crippen LogP contribution is 2.37. The first kappa shape index (κ1) is 20.0. The molecule has 1 atom stereocenters. The molecule has 0 spiro atoms. The van der Waals surface area contributed by atoms with Crippen LogP contribution in [0.25, 0.3) is 11.1 Å². The summed E-state index contributed by atoms with van der Waals surface area (Å²) in [5.74, 6) is 0. The zero-order valence-electron chi connectivity index (χ0n) is 16.3. The molecule has 2 aromatic carbocycles. The zero-order valence-corrected chi connectivity index (χ0v) is 17.1. The molecule has 146 valence electrons. The second-order valence-electron chi connectivity index (χ2n) is 7.83. The number of hydrogen-bond donors (Lipinski definition) is 1. The van der Waals surface area contributed by atoms with Crippen LogP contribution in [0.2, 0.25) is 0 Å². The lowest BCUT2D eigenvalue weighted by Gasteiger charge is -2.26. The van der Waals surface area contributed by atoms with Gasteiger partial charge >= 0.3 is 0 Å². The van der Waals surface area contributed by atoms with Crippen LogP contribution in [0, 0.1) is 6.92 Å². The molecule has 6 heteroatoms. The van der Waals surface area contributed by atoms with Crippen LogP contribution >= 0.6 is 0 Å². The van der Waals surface area contributed by atoms with E-state index in [1.165, 1.54) is 0 Å². The van der Waals surface area contributed by atoms with E-state index in [1.807, 2.05) is 37.3 Å². The fourth-order valence-electron chi connectivity index (χ4n) is 3.28. The van der Waals surface area contributed by atoms with Gasteiger partial charge in [0.05, 0.1) is 11.5 Å². The van der Waals surface area contributed by atoms with Crippen molar-refractivity contribution in [3.05, 3.63) is 53.6 Å². The van der Waals surface area contributed by atoms with Crippen LogP contribution in [0.3, 0.4) is 0 Å². The number of aryl methyl sites for hydroxylation is 1. The molecular formula is C21H27NO4S. The second-order valence-corrected chi connectivity index (χ2v) is 9.45. The lowest BCUT2D eigenvalue weighted by atomic mass is 9.80. The molecule has 1 heterocycles. The summed E-state index contributed by atoms with van der Waals surface area (Å²) in [6, 6.07) is 13.5. The molecule has 3 rings (SSSR count). The van der Waals surface area contributed by atoms with E-state index < -0.39 is 10.1 Å². The highest BCUT2D eigenvalue weighted by atomic mass is 32.2. The minimum Gasteiger partial charge on any atom is -0.360 e. The van der Waals surface area contributed by atoms with Gasteiger partial charge in [-0.25, -0.2) is 0 Å². The largest absolute Gasteiger partial charge is 0.360 e. The smallest absolute Gasteiger partial charge is 0.297 e. The van der Waals surface area contributed by atoms with Crippen molar-refractivity contribution in [3.63, 3.8) is 0 Å². The van der Waals surface area contributed by atoms with Gasteiger partial charge in [0.2, 0.25) is 0 Å². The monoisotopic (exact) mass is 389 g/mol. The summed E-state index contributed by atoms with van der Waals surface area (Å²) in [5, 5.41) is 3.05. The Morgan fingerprint density at radius 1 is 1.19 bits per heavy atom. The maximum absolute atomic E-state index is 12.8. The Labute approximate surface area is 161 Å². The fraction of sp³-hybridized carbons (Fsp3) is 0.429. The second kappa shape index (κ2) is 7.72. The molecule has 1 aliphatic rings. The standard InChI is InChI=1S/C21H27NO4S/c1-15-12-17(27(23,24)26-14-19-22-10-11-25-19)13-18(21(2,3)4)20(15)16-8-6-5-7-9-16/h5-9,12-13,19,22H,10-11,14H2,1-4H3. The van der Waals surface area contributed by atoms with Crippen LogP contribution in [0.4, 0.5) is 0 Å². The highest BCUT2D eigenvalue weighted by Gasteiger charge is 2.26. The van der Waals surface area contributed by atoms with Gasteiger partial charge in [0, 0.05) is 6.54 Å². The number of nitrogens with one attached hydrogen (secondary N) is 1. The quantitative estimate of drug-likeness (QED) is 0.792. The van der Waals surface area contributed by atoms with Crippen molar-refractivity contribution in [3.8, 4) is 11.1 Å². The first-order valence-corrected chi connectivity index (χ1v) is 10.5. The Morgan fingerprint density at radius 2 is 1.89 bits per heavy atom. The molecule has 1 unspecified atom stereocenters. The Balaban J connectivity index is 2.01. The fourth-order valence-corrected chi connectivity index (χ4v) is 4.31. The van der Waals surface area contributed by atoms with Gasteiger partial charge in [0.25, 0.3) is 10.1 Å². The van der Waals surface area contributed by atoms with E-state index in [9.17, 15) is 8.42 Å². The van der Waals surface area contributed by atoms with E-state index in [0.29, 0.717) is 13.2 Å². The van der Waals surface area contributed by atoms with Crippen molar-refractivity contribution in [1.29, 1.82) is 0 Å². The highest BCUT2D eigenvalue weighted by molar-refractivity contribution is 7.86. The molecule has 1 saturated heterocycles. The molecule has 27 heavy (non-hydrogen) atoms. The molecule has 0 aromatic heterocycles. The van der Waals surface area contributed by atoms with Crippen LogP contribution in [0.15, 0.2) is 47.4 Å². The van der Waals surface area contributed by atoms with Gasteiger partial charge in [-0.05, 0) is 46.7 Å². The van der Waals surface area contributed by atoms with Gasteiger partial charge in [-0.1, -0.05) is 51.1 Å². The topological polar surface area (TPSA) is 64.6 Å². The predicted molar refractivity (Wildman–Crippen MR) is 106 cm³/mol. The molecule has 0 bridgehead atoms. The van der Waals surface area contributed by atoms with Crippen molar-refractivity contribution >= 4 is 10.1 Å². The normalized spacial score (nSPS) is 18.0. The van der Waals surface area contributed by atoms with Crippen LogP contribution in [0.5, 0.6) is 0 Å². The Morgan fingerprint density at radius 3 is 2.48 bits per heavy atom. The maximum atomic E-state index is 12.8. The van der Waals surface area contributed by atoms with Crippen molar-refractivity contribution < 1.29 is 17.3 Å². The first-order valence-electron chi connectivity index (χ1n) is 9.13. The molecule has 1 fully saturated rings. The molecule has 0 aliphatic carbocycles. The van der Waals surface area contributed by atoms with Crippen LogP contribution in [0.1, 0.15) is 31.9 Å². The van der Waals surface area contributed by atoms with Crippen LogP contribution in [-0.4, -0.2) is 34.4 Å². The van der Waals surface area contributed by atoms with Gasteiger partial charge in [-0.15, -0.1) is 0 Å². The van der Waals surface area contributed by atoms with E-state index in [2.05, 4.69) is 26.1 Å². The summed E-state index contributed by atoms with van der Waals surface area (Å²) in [6.07, 6.45) is -0.383. The molecule has 2 aromatic rings. The third kappa shape index (κ3) is 4.58. The molecule has 0 radical (unpaired) electrons. The Bertz CT molecular complexity index is 896. The summed E-state index contributed by atoms with van der Waals surface area (Å²) in [5.41, 5.74) is 3.81. The lowest BCUT2D eigenvalue weighted by Crippen LogP contribution is -2.29. The summed E-state index contributed by atoms with van der Waals surface area (Å²) >= 11 is 0.